The van der Waals surface area contributed by atoms with Crippen molar-refractivity contribution in [3.63, 3.8) is 0 Å². The van der Waals surface area contributed by atoms with Crippen LogP contribution in [0.3, 0.4) is 0 Å². The molecule has 1 N–H and O–H groups in total. The van der Waals surface area contributed by atoms with E-state index >= 15 is 0 Å². The number of hydrogen-bond donors (Lipinski definition) is 1. The molecule has 2 nitrogen and oxygen atoms in total. The Labute approximate surface area is 120 Å². The van der Waals surface area contributed by atoms with Crippen molar-refractivity contribution in [3.8, 4) is 0 Å². The molecule has 0 aliphatic carbocycles. The molecule has 20 heavy (non-hydrogen) atoms. The molecule has 0 amide bonds. The Morgan fingerprint density at radius 3 is 2.35 bits per heavy atom. The van der Waals surface area contributed by atoms with E-state index in [0.717, 1.165) is 19.4 Å². The molecular weight excluding hydrogens is 260 g/mol. The summed E-state index contributed by atoms with van der Waals surface area (Å²) in [6.45, 7) is 6.99. The van der Waals surface area contributed by atoms with Gasteiger partial charge in [0.25, 0.3) is 6.43 Å². The van der Waals surface area contributed by atoms with Gasteiger partial charge < -0.3 is 10.1 Å². The summed E-state index contributed by atoms with van der Waals surface area (Å²) in [7, 11) is 0. The summed E-state index contributed by atoms with van der Waals surface area (Å²) in [6, 6.07) is 6.77. The molecule has 4 heteroatoms. The summed E-state index contributed by atoms with van der Waals surface area (Å²) >= 11 is 0. The molecule has 114 valence electrons. The van der Waals surface area contributed by atoms with Crippen LogP contribution in [-0.2, 0) is 11.2 Å². The summed E-state index contributed by atoms with van der Waals surface area (Å²) in [5.41, 5.74) is 3.79. The zero-order chi connectivity index (χ0) is 15.0. The second kappa shape index (κ2) is 9.03. The predicted molar refractivity (Wildman–Crippen MR) is 78.5 cm³/mol. The highest BCUT2D eigenvalue weighted by atomic mass is 19.3. The number of halogens is 2. The van der Waals surface area contributed by atoms with Crippen LogP contribution < -0.4 is 5.32 Å². The fraction of sp³-hybridized carbons (Fsp3) is 0.625. The lowest BCUT2D eigenvalue weighted by atomic mass is 9.99. The van der Waals surface area contributed by atoms with E-state index in [1.54, 1.807) is 0 Å². The van der Waals surface area contributed by atoms with E-state index in [-0.39, 0.29) is 6.04 Å². The first-order chi connectivity index (χ1) is 9.51. The van der Waals surface area contributed by atoms with Crippen molar-refractivity contribution in [1.29, 1.82) is 0 Å². The fourth-order valence-corrected chi connectivity index (χ4v) is 2.43. The van der Waals surface area contributed by atoms with E-state index in [9.17, 15) is 8.78 Å². The zero-order valence-electron chi connectivity index (χ0n) is 12.6. The highest BCUT2D eigenvalue weighted by molar-refractivity contribution is 5.29. The third-order valence-corrected chi connectivity index (χ3v) is 3.11. The molecule has 1 aromatic carbocycles. The Bertz CT molecular complexity index is 376. The quantitative estimate of drug-likeness (QED) is 0.701. The molecule has 1 rings (SSSR count). The van der Waals surface area contributed by atoms with E-state index in [2.05, 4.69) is 44.3 Å². The largest absolute Gasteiger partial charge is 0.375 e. The lowest BCUT2D eigenvalue weighted by Gasteiger charge is -2.18. The van der Waals surface area contributed by atoms with Crippen LogP contribution in [0.1, 0.15) is 30.0 Å². The Kier molecular flexibility index (Phi) is 7.70. The maximum absolute atomic E-state index is 12.0. The second-order valence-electron chi connectivity index (χ2n) is 5.21. The number of aryl methyl sites for hydroxylation is 2. The van der Waals surface area contributed by atoms with Crippen LogP contribution in [0.4, 0.5) is 8.78 Å². The molecule has 0 spiro atoms. The number of benzene rings is 1. The van der Waals surface area contributed by atoms with Gasteiger partial charge in [-0.3, -0.25) is 0 Å². The first kappa shape index (κ1) is 17.1. The first-order valence-electron chi connectivity index (χ1n) is 7.17. The highest BCUT2D eigenvalue weighted by Gasteiger charge is 2.10. The molecule has 0 heterocycles. The summed E-state index contributed by atoms with van der Waals surface area (Å²) in [4.78, 5) is 0. The standard InChI is InChI=1S/C16H25F2NO/c1-4-19-15(5-6-20-11-16(17)18)10-14-8-12(2)7-13(3)9-14/h7-9,15-16,19H,4-6,10-11H2,1-3H3. The van der Waals surface area contributed by atoms with E-state index in [1.807, 2.05) is 0 Å². The molecule has 1 aromatic rings. The van der Waals surface area contributed by atoms with Crippen molar-refractivity contribution in [1.82, 2.24) is 5.32 Å². The average molecular weight is 285 g/mol. The van der Waals surface area contributed by atoms with E-state index < -0.39 is 13.0 Å². The minimum absolute atomic E-state index is 0.263. The minimum atomic E-state index is -2.38. The molecule has 0 fully saturated rings. The van der Waals surface area contributed by atoms with Gasteiger partial charge in [0.05, 0.1) is 0 Å². The molecule has 0 saturated carbocycles. The van der Waals surface area contributed by atoms with E-state index in [4.69, 9.17) is 4.74 Å². The molecule has 1 atom stereocenters. The molecule has 0 radical (unpaired) electrons. The van der Waals surface area contributed by atoms with E-state index in [0.29, 0.717) is 6.61 Å². The van der Waals surface area contributed by atoms with Gasteiger partial charge in [-0.1, -0.05) is 36.2 Å². The van der Waals surface area contributed by atoms with Crippen molar-refractivity contribution in [2.45, 2.75) is 46.1 Å². The van der Waals surface area contributed by atoms with Gasteiger partial charge in [0.2, 0.25) is 0 Å². The average Bonchev–Trinajstić information content (AvgIpc) is 2.33. The summed E-state index contributed by atoms with van der Waals surface area (Å²) in [6.07, 6.45) is -0.742. The molecule has 0 aliphatic rings. The summed E-state index contributed by atoms with van der Waals surface area (Å²) < 4.78 is 29.0. The van der Waals surface area contributed by atoms with Gasteiger partial charge in [-0.15, -0.1) is 0 Å². The van der Waals surface area contributed by atoms with Gasteiger partial charge >= 0.3 is 0 Å². The van der Waals surface area contributed by atoms with Gasteiger partial charge in [-0.2, -0.15) is 0 Å². The third-order valence-electron chi connectivity index (χ3n) is 3.11. The second-order valence-corrected chi connectivity index (χ2v) is 5.21. The molecular formula is C16H25F2NO. The van der Waals surface area contributed by atoms with Crippen LogP contribution in [0.5, 0.6) is 0 Å². The van der Waals surface area contributed by atoms with Crippen molar-refractivity contribution >= 4 is 0 Å². The monoisotopic (exact) mass is 285 g/mol. The van der Waals surface area contributed by atoms with Crippen LogP contribution in [0.2, 0.25) is 0 Å². The number of rotatable bonds is 9. The Balaban J connectivity index is 2.48. The van der Waals surface area contributed by atoms with Gasteiger partial charge in [0, 0.05) is 12.6 Å². The lowest BCUT2D eigenvalue weighted by Crippen LogP contribution is -2.32. The van der Waals surface area contributed by atoms with Crippen LogP contribution >= 0.6 is 0 Å². The topological polar surface area (TPSA) is 21.3 Å². The number of hydrogen-bond acceptors (Lipinski definition) is 2. The summed E-state index contributed by atoms with van der Waals surface area (Å²) in [5.74, 6) is 0. The first-order valence-corrected chi connectivity index (χ1v) is 7.17. The highest BCUT2D eigenvalue weighted by Crippen LogP contribution is 2.12. The van der Waals surface area contributed by atoms with Crippen LogP contribution in [-0.4, -0.2) is 32.2 Å². The molecule has 0 aliphatic heterocycles. The van der Waals surface area contributed by atoms with Crippen molar-refractivity contribution in [2.24, 2.45) is 0 Å². The third kappa shape index (κ3) is 6.96. The van der Waals surface area contributed by atoms with Gasteiger partial charge in [0.1, 0.15) is 6.61 Å². The van der Waals surface area contributed by atoms with Crippen LogP contribution in [0, 0.1) is 13.8 Å². The van der Waals surface area contributed by atoms with E-state index in [1.165, 1.54) is 16.7 Å². The molecule has 1 unspecified atom stereocenters. The number of nitrogens with one attached hydrogen (secondary N) is 1. The van der Waals surface area contributed by atoms with Crippen LogP contribution in [0.25, 0.3) is 0 Å². The molecule has 0 aromatic heterocycles. The maximum atomic E-state index is 12.0. The smallest absolute Gasteiger partial charge is 0.261 e. The molecule has 0 saturated heterocycles. The van der Waals surface area contributed by atoms with Crippen molar-refractivity contribution < 1.29 is 13.5 Å². The fourth-order valence-electron chi connectivity index (χ4n) is 2.43. The molecule has 0 bridgehead atoms. The Morgan fingerprint density at radius 2 is 1.80 bits per heavy atom. The lowest BCUT2D eigenvalue weighted by molar-refractivity contribution is 0.0144. The minimum Gasteiger partial charge on any atom is -0.375 e. The van der Waals surface area contributed by atoms with Crippen LogP contribution in [0.15, 0.2) is 18.2 Å². The normalized spacial score (nSPS) is 12.9. The Morgan fingerprint density at radius 1 is 1.15 bits per heavy atom. The van der Waals surface area contributed by atoms with Crippen molar-refractivity contribution in [2.75, 3.05) is 19.8 Å². The summed E-state index contributed by atoms with van der Waals surface area (Å²) in [5, 5.41) is 3.39. The SMILES string of the molecule is CCNC(CCOCC(F)F)Cc1cc(C)cc(C)c1. The van der Waals surface area contributed by atoms with Gasteiger partial charge in [0.15, 0.2) is 0 Å². The van der Waals surface area contributed by atoms with Gasteiger partial charge in [-0.25, -0.2) is 8.78 Å². The zero-order valence-corrected chi connectivity index (χ0v) is 12.6. The maximum Gasteiger partial charge on any atom is 0.261 e. The Hall–Kier alpha value is -1.00. The number of likely N-dealkylation sites (N-methyl/N-ethyl adjacent to an activating group) is 1. The van der Waals surface area contributed by atoms with Crippen molar-refractivity contribution in [3.05, 3.63) is 34.9 Å². The predicted octanol–water partition coefficient (Wildman–Crippen LogP) is 3.50. The number of alkyl halides is 2. The number of ether oxygens (including phenoxy) is 1. The van der Waals surface area contributed by atoms with Gasteiger partial charge in [-0.05, 0) is 38.8 Å².